The average Bonchev–Trinajstić information content (AvgIpc) is 2.54. The summed E-state index contributed by atoms with van der Waals surface area (Å²) < 4.78 is 6.17. The first kappa shape index (κ1) is 7.61. The number of hydrogen-bond donors (Lipinski definition) is 1. The number of aromatic nitrogens is 2. The molecule has 0 radical (unpaired) electrons. The molecule has 0 spiro atoms. The molecule has 0 aliphatic heterocycles. The van der Waals surface area contributed by atoms with Crippen LogP contribution in [-0.4, -0.2) is 17.3 Å². The maximum Gasteiger partial charge on any atom is 0.144 e. The Morgan fingerprint density at radius 2 is 2.33 bits per heavy atom. The van der Waals surface area contributed by atoms with Gasteiger partial charge in [-0.25, -0.2) is 0 Å². The van der Waals surface area contributed by atoms with E-state index in [9.17, 15) is 0 Å². The molecule has 12 heavy (non-hydrogen) atoms. The molecule has 1 aromatic heterocycles. The Morgan fingerprint density at radius 1 is 1.50 bits per heavy atom. The normalized spacial score (nSPS) is 10.5. The summed E-state index contributed by atoms with van der Waals surface area (Å²) in [6.07, 6.45) is 1.77. The van der Waals surface area contributed by atoms with E-state index in [1.807, 2.05) is 12.1 Å². The highest BCUT2D eigenvalue weighted by atomic mass is 79.9. The minimum atomic E-state index is 0.811. The van der Waals surface area contributed by atoms with Gasteiger partial charge in [0, 0.05) is 9.86 Å². The molecule has 0 saturated heterocycles. The van der Waals surface area contributed by atoms with Gasteiger partial charge in [-0.05, 0) is 12.1 Å². The van der Waals surface area contributed by atoms with Crippen molar-refractivity contribution < 1.29 is 4.74 Å². The van der Waals surface area contributed by atoms with Crippen LogP contribution in [-0.2, 0) is 0 Å². The number of rotatable bonds is 1. The Hall–Kier alpha value is -1.03. The van der Waals surface area contributed by atoms with Gasteiger partial charge in [-0.3, -0.25) is 5.10 Å². The van der Waals surface area contributed by atoms with Crippen LogP contribution in [0.4, 0.5) is 0 Å². The fourth-order valence-corrected chi connectivity index (χ4v) is 1.58. The summed E-state index contributed by atoms with van der Waals surface area (Å²) in [7, 11) is 1.64. The highest BCUT2D eigenvalue weighted by molar-refractivity contribution is 9.10. The summed E-state index contributed by atoms with van der Waals surface area (Å²) in [5.74, 6) is 0.811. The van der Waals surface area contributed by atoms with Crippen LogP contribution in [0.2, 0.25) is 0 Å². The van der Waals surface area contributed by atoms with Gasteiger partial charge in [-0.2, -0.15) is 5.10 Å². The third-order valence-corrected chi connectivity index (χ3v) is 2.44. The van der Waals surface area contributed by atoms with Gasteiger partial charge in [0.15, 0.2) is 0 Å². The van der Waals surface area contributed by atoms with E-state index in [4.69, 9.17) is 4.74 Å². The number of H-pyrrole nitrogens is 1. The van der Waals surface area contributed by atoms with E-state index in [1.165, 1.54) is 0 Å². The van der Waals surface area contributed by atoms with Crippen LogP contribution >= 0.6 is 15.9 Å². The number of ether oxygens (including phenoxy) is 1. The quantitative estimate of drug-likeness (QED) is 0.811. The maximum absolute atomic E-state index is 5.15. The van der Waals surface area contributed by atoms with Crippen molar-refractivity contribution in [2.24, 2.45) is 0 Å². The molecule has 3 nitrogen and oxygen atoms in total. The first-order valence-corrected chi connectivity index (χ1v) is 4.28. The predicted molar refractivity (Wildman–Crippen MR) is 50.3 cm³/mol. The van der Waals surface area contributed by atoms with Crippen molar-refractivity contribution in [2.45, 2.75) is 0 Å². The van der Waals surface area contributed by atoms with E-state index in [-0.39, 0.29) is 0 Å². The topological polar surface area (TPSA) is 37.9 Å². The lowest BCUT2D eigenvalue weighted by Crippen LogP contribution is -1.84. The highest BCUT2D eigenvalue weighted by Gasteiger charge is 2.05. The molecular formula is C8H7BrN2O. The second-order valence-corrected chi connectivity index (χ2v) is 3.26. The van der Waals surface area contributed by atoms with Gasteiger partial charge >= 0.3 is 0 Å². The molecule has 0 fully saturated rings. The minimum absolute atomic E-state index is 0.811. The molecule has 1 N–H and O–H groups in total. The Labute approximate surface area is 77.9 Å². The van der Waals surface area contributed by atoms with Gasteiger partial charge < -0.3 is 4.74 Å². The molecule has 62 valence electrons. The molecule has 0 unspecified atom stereocenters. The number of hydrogen-bond acceptors (Lipinski definition) is 2. The number of aromatic amines is 1. The van der Waals surface area contributed by atoms with E-state index in [0.717, 1.165) is 21.1 Å². The van der Waals surface area contributed by atoms with Crippen molar-refractivity contribution in [1.82, 2.24) is 10.2 Å². The van der Waals surface area contributed by atoms with Crippen LogP contribution < -0.4 is 4.74 Å². The molecule has 0 aliphatic rings. The van der Waals surface area contributed by atoms with Gasteiger partial charge in [0.2, 0.25) is 0 Å². The van der Waals surface area contributed by atoms with Crippen molar-refractivity contribution in [3.63, 3.8) is 0 Å². The average molecular weight is 227 g/mol. The van der Waals surface area contributed by atoms with Gasteiger partial charge in [0.1, 0.15) is 11.3 Å². The molecule has 0 amide bonds. The number of nitrogens with one attached hydrogen (secondary N) is 1. The van der Waals surface area contributed by atoms with Crippen LogP contribution in [0, 0.1) is 0 Å². The van der Waals surface area contributed by atoms with E-state index in [2.05, 4.69) is 26.1 Å². The molecule has 0 atom stereocenters. The summed E-state index contributed by atoms with van der Waals surface area (Å²) in [6.45, 7) is 0. The lowest BCUT2D eigenvalue weighted by Gasteiger charge is -2.00. The Kier molecular flexibility index (Phi) is 1.77. The summed E-state index contributed by atoms with van der Waals surface area (Å²) >= 11 is 3.42. The molecular weight excluding hydrogens is 220 g/mol. The smallest absolute Gasteiger partial charge is 0.144 e. The standard InChI is InChI=1S/C8H7BrN2O/c1-12-7-3-2-6(9)5-4-10-11-8(5)7/h2-4H,1H3,(H,10,11). The first-order chi connectivity index (χ1) is 5.83. The van der Waals surface area contributed by atoms with Gasteiger partial charge in [-0.15, -0.1) is 0 Å². The zero-order valence-electron chi connectivity index (χ0n) is 6.47. The minimum Gasteiger partial charge on any atom is -0.494 e. The molecule has 2 aromatic rings. The molecule has 1 heterocycles. The number of methoxy groups -OCH3 is 1. The second-order valence-electron chi connectivity index (χ2n) is 2.41. The summed E-state index contributed by atoms with van der Waals surface area (Å²) in [5, 5.41) is 7.85. The molecule has 0 bridgehead atoms. The zero-order chi connectivity index (χ0) is 8.55. The van der Waals surface area contributed by atoms with Crippen molar-refractivity contribution >= 4 is 26.8 Å². The summed E-state index contributed by atoms with van der Waals surface area (Å²) in [6, 6.07) is 3.83. The van der Waals surface area contributed by atoms with Crippen molar-refractivity contribution in [2.75, 3.05) is 7.11 Å². The first-order valence-electron chi connectivity index (χ1n) is 3.48. The Bertz CT molecular complexity index is 410. The third-order valence-electron chi connectivity index (χ3n) is 1.74. The van der Waals surface area contributed by atoms with Crippen LogP contribution in [0.1, 0.15) is 0 Å². The summed E-state index contributed by atoms with van der Waals surface area (Å²) in [4.78, 5) is 0. The van der Waals surface area contributed by atoms with Crippen molar-refractivity contribution in [3.05, 3.63) is 22.8 Å². The van der Waals surface area contributed by atoms with Gasteiger partial charge in [0.05, 0.1) is 13.3 Å². The Morgan fingerprint density at radius 3 is 3.08 bits per heavy atom. The molecule has 4 heteroatoms. The number of nitrogens with zero attached hydrogens (tertiary/aromatic N) is 1. The SMILES string of the molecule is COc1ccc(Br)c2cn[nH]c12. The van der Waals surface area contributed by atoms with Gasteiger partial charge in [0.25, 0.3) is 0 Å². The fraction of sp³-hybridized carbons (Fsp3) is 0.125. The van der Waals surface area contributed by atoms with Crippen molar-refractivity contribution in [3.8, 4) is 5.75 Å². The number of benzene rings is 1. The van der Waals surface area contributed by atoms with Crippen LogP contribution in [0.25, 0.3) is 10.9 Å². The molecule has 0 aliphatic carbocycles. The van der Waals surface area contributed by atoms with Crippen molar-refractivity contribution in [1.29, 1.82) is 0 Å². The van der Waals surface area contributed by atoms with Gasteiger partial charge in [-0.1, -0.05) is 15.9 Å². The van der Waals surface area contributed by atoms with E-state index >= 15 is 0 Å². The maximum atomic E-state index is 5.15. The second kappa shape index (κ2) is 2.79. The molecule has 1 aromatic carbocycles. The van der Waals surface area contributed by atoms with Crippen LogP contribution in [0.3, 0.4) is 0 Å². The van der Waals surface area contributed by atoms with E-state index in [0.29, 0.717) is 0 Å². The van der Waals surface area contributed by atoms with Crippen LogP contribution in [0.15, 0.2) is 22.8 Å². The fourth-order valence-electron chi connectivity index (χ4n) is 1.15. The molecule has 0 saturated carbocycles. The van der Waals surface area contributed by atoms with E-state index < -0.39 is 0 Å². The third kappa shape index (κ3) is 0.992. The monoisotopic (exact) mass is 226 g/mol. The lowest BCUT2D eigenvalue weighted by atomic mass is 10.2. The number of halogens is 1. The highest BCUT2D eigenvalue weighted by Crippen LogP contribution is 2.29. The molecule has 2 rings (SSSR count). The Balaban J connectivity index is 2.82. The van der Waals surface area contributed by atoms with Crippen LogP contribution in [0.5, 0.6) is 5.75 Å². The number of fused-ring (bicyclic) bond motifs is 1. The zero-order valence-corrected chi connectivity index (χ0v) is 8.05. The predicted octanol–water partition coefficient (Wildman–Crippen LogP) is 2.33. The van der Waals surface area contributed by atoms with E-state index in [1.54, 1.807) is 13.3 Å². The summed E-state index contributed by atoms with van der Waals surface area (Å²) in [5.41, 5.74) is 0.923. The largest absolute Gasteiger partial charge is 0.494 e. The lowest BCUT2D eigenvalue weighted by molar-refractivity contribution is 0.418.